The number of aromatic nitrogens is 2. The third-order valence-electron chi connectivity index (χ3n) is 2.95. The van der Waals surface area contributed by atoms with Crippen LogP contribution in [0.25, 0.3) is 10.2 Å². The number of unbranched alkanes of at least 4 members (excludes halogenated alkanes) is 1. The van der Waals surface area contributed by atoms with E-state index in [1.165, 1.54) is 27.4 Å². The summed E-state index contributed by atoms with van der Waals surface area (Å²) in [6.07, 6.45) is 1.67. The number of hydrogen-bond donors (Lipinski definition) is 0. The van der Waals surface area contributed by atoms with Crippen LogP contribution < -0.4 is 11.2 Å². The van der Waals surface area contributed by atoms with Crippen LogP contribution in [0.4, 0.5) is 0 Å². The number of Topliss-reactive ketones (excluding diaryl/α,β-unsaturated/α-hetero) is 1. The van der Waals surface area contributed by atoms with E-state index in [4.69, 9.17) is 0 Å². The van der Waals surface area contributed by atoms with E-state index in [1.807, 2.05) is 6.92 Å². The topological polar surface area (TPSA) is 61.1 Å². The highest BCUT2D eigenvalue weighted by atomic mass is 32.1. The van der Waals surface area contributed by atoms with Crippen molar-refractivity contribution in [2.75, 3.05) is 0 Å². The largest absolute Gasteiger partial charge is 0.331 e. The number of carbonyl (C=O) groups is 1. The van der Waals surface area contributed by atoms with Gasteiger partial charge in [-0.1, -0.05) is 13.3 Å². The molecular formula is C13H16N2O3S. The summed E-state index contributed by atoms with van der Waals surface area (Å²) < 4.78 is 3.17. The standard InChI is InChI=1S/C13H16N2O3S/c1-3-4-6-14-12(17)11-10(5-7-19-11)15(13(14)18)8-9(2)16/h5,7H,3-4,6,8H2,1-2H3. The number of carbonyl (C=O) groups excluding carboxylic acids is 1. The van der Waals surface area contributed by atoms with Gasteiger partial charge < -0.3 is 0 Å². The first-order valence-electron chi connectivity index (χ1n) is 6.26. The van der Waals surface area contributed by atoms with Gasteiger partial charge in [-0.15, -0.1) is 11.3 Å². The van der Waals surface area contributed by atoms with Gasteiger partial charge in [-0.05, 0) is 24.8 Å². The van der Waals surface area contributed by atoms with Crippen LogP contribution in [-0.4, -0.2) is 14.9 Å². The number of thiophene rings is 1. The molecule has 2 rings (SSSR count). The summed E-state index contributed by atoms with van der Waals surface area (Å²) in [7, 11) is 0. The van der Waals surface area contributed by atoms with Gasteiger partial charge in [-0.25, -0.2) is 4.79 Å². The molecule has 0 N–H and O–H groups in total. The second kappa shape index (κ2) is 5.52. The number of nitrogens with zero attached hydrogens (tertiary/aromatic N) is 2. The summed E-state index contributed by atoms with van der Waals surface area (Å²) in [6, 6.07) is 1.72. The maximum atomic E-state index is 12.3. The minimum absolute atomic E-state index is 0.0124. The molecule has 0 unspecified atom stereocenters. The fraction of sp³-hybridized carbons (Fsp3) is 0.462. The Morgan fingerprint density at radius 2 is 2.05 bits per heavy atom. The van der Waals surface area contributed by atoms with Crippen LogP contribution in [0, 0.1) is 0 Å². The highest BCUT2D eigenvalue weighted by Crippen LogP contribution is 2.15. The summed E-state index contributed by atoms with van der Waals surface area (Å²) in [5, 5.41) is 1.77. The number of ketones is 1. The lowest BCUT2D eigenvalue weighted by Crippen LogP contribution is -2.40. The van der Waals surface area contributed by atoms with Gasteiger partial charge in [0.1, 0.15) is 10.5 Å². The smallest absolute Gasteiger partial charge is 0.298 e. The summed E-state index contributed by atoms with van der Waals surface area (Å²) in [5.74, 6) is -0.102. The molecule has 0 aliphatic heterocycles. The molecule has 0 amide bonds. The molecule has 0 aliphatic carbocycles. The molecule has 0 bridgehead atoms. The zero-order valence-corrected chi connectivity index (χ0v) is 11.8. The van der Waals surface area contributed by atoms with E-state index in [2.05, 4.69) is 0 Å². The Labute approximate surface area is 114 Å². The summed E-state index contributed by atoms with van der Waals surface area (Å²) in [5.41, 5.74) is -0.0780. The summed E-state index contributed by atoms with van der Waals surface area (Å²) in [4.78, 5) is 35.8. The Morgan fingerprint density at radius 1 is 1.32 bits per heavy atom. The van der Waals surface area contributed by atoms with Gasteiger partial charge in [0.2, 0.25) is 0 Å². The van der Waals surface area contributed by atoms with Gasteiger partial charge >= 0.3 is 5.69 Å². The maximum Gasteiger partial charge on any atom is 0.331 e. The van der Waals surface area contributed by atoms with Crippen molar-refractivity contribution in [3.05, 3.63) is 32.3 Å². The minimum atomic E-state index is -0.389. The van der Waals surface area contributed by atoms with E-state index >= 15 is 0 Å². The van der Waals surface area contributed by atoms with Gasteiger partial charge in [-0.3, -0.25) is 18.7 Å². The fourth-order valence-corrected chi connectivity index (χ4v) is 2.87. The Morgan fingerprint density at radius 3 is 2.68 bits per heavy atom. The van der Waals surface area contributed by atoms with Gasteiger partial charge in [0.15, 0.2) is 0 Å². The lowest BCUT2D eigenvalue weighted by molar-refractivity contribution is -0.117. The monoisotopic (exact) mass is 280 g/mol. The van der Waals surface area contributed by atoms with Crippen molar-refractivity contribution in [3.8, 4) is 0 Å². The van der Waals surface area contributed by atoms with E-state index in [0.29, 0.717) is 16.8 Å². The van der Waals surface area contributed by atoms with Gasteiger partial charge in [0.05, 0.1) is 12.1 Å². The van der Waals surface area contributed by atoms with E-state index in [-0.39, 0.29) is 23.6 Å². The molecule has 6 heteroatoms. The first-order valence-corrected chi connectivity index (χ1v) is 7.14. The SMILES string of the molecule is CCCCn1c(=O)c2sccc2n(CC(C)=O)c1=O. The fourth-order valence-electron chi connectivity index (χ4n) is 2.02. The van der Waals surface area contributed by atoms with Crippen molar-refractivity contribution < 1.29 is 4.79 Å². The van der Waals surface area contributed by atoms with Crippen LogP contribution in [0.1, 0.15) is 26.7 Å². The molecule has 2 aromatic rings. The van der Waals surface area contributed by atoms with Crippen molar-refractivity contribution in [1.29, 1.82) is 0 Å². The Hall–Kier alpha value is -1.69. The summed E-state index contributed by atoms with van der Waals surface area (Å²) in [6.45, 7) is 3.85. The van der Waals surface area contributed by atoms with E-state index in [1.54, 1.807) is 11.4 Å². The third-order valence-corrected chi connectivity index (χ3v) is 3.84. The van der Waals surface area contributed by atoms with Crippen LogP contribution in [0.15, 0.2) is 21.0 Å². The second-order valence-electron chi connectivity index (χ2n) is 4.52. The molecule has 0 saturated heterocycles. The number of rotatable bonds is 5. The first-order chi connectivity index (χ1) is 9.06. The van der Waals surface area contributed by atoms with Crippen LogP contribution in [-0.2, 0) is 17.9 Å². The van der Waals surface area contributed by atoms with Crippen LogP contribution in [0.2, 0.25) is 0 Å². The lowest BCUT2D eigenvalue weighted by atomic mass is 10.3. The molecule has 0 aliphatic rings. The molecule has 0 fully saturated rings. The maximum absolute atomic E-state index is 12.3. The Kier molecular flexibility index (Phi) is 3.99. The van der Waals surface area contributed by atoms with Crippen molar-refractivity contribution in [3.63, 3.8) is 0 Å². The molecule has 19 heavy (non-hydrogen) atoms. The third kappa shape index (κ3) is 2.53. The molecular weight excluding hydrogens is 264 g/mol. The molecule has 5 nitrogen and oxygen atoms in total. The second-order valence-corrected chi connectivity index (χ2v) is 5.43. The van der Waals surface area contributed by atoms with Crippen molar-refractivity contribution >= 4 is 27.3 Å². The average Bonchev–Trinajstić information content (AvgIpc) is 2.83. The quantitative estimate of drug-likeness (QED) is 0.836. The average molecular weight is 280 g/mol. The van der Waals surface area contributed by atoms with E-state index < -0.39 is 0 Å². The molecule has 102 valence electrons. The molecule has 2 aromatic heterocycles. The Balaban J connectivity index is 2.71. The van der Waals surface area contributed by atoms with Crippen molar-refractivity contribution in [2.45, 2.75) is 39.8 Å². The lowest BCUT2D eigenvalue weighted by Gasteiger charge is -2.10. The predicted octanol–water partition coefficient (Wildman–Crippen LogP) is 1.61. The molecule has 0 aromatic carbocycles. The zero-order chi connectivity index (χ0) is 14.0. The van der Waals surface area contributed by atoms with Gasteiger partial charge in [0.25, 0.3) is 5.56 Å². The minimum Gasteiger partial charge on any atom is -0.298 e. The van der Waals surface area contributed by atoms with Gasteiger partial charge in [0, 0.05) is 6.54 Å². The predicted molar refractivity (Wildman–Crippen MR) is 75.9 cm³/mol. The molecule has 0 radical (unpaired) electrons. The van der Waals surface area contributed by atoms with Crippen LogP contribution in [0.5, 0.6) is 0 Å². The highest BCUT2D eigenvalue weighted by Gasteiger charge is 2.14. The summed E-state index contributed by atoms with van der Waals surface area (Å²) >= 11 is 1.31. The van der Waals surface area contributed by atoms with E-state index in [9.17, 15) is 14.4 Å². The normalized spacial score (nSPS) is 11.1. The molecule has 0 saturated carbocycles. The van der Waals surface area contributed by atoms with Crippen molar-refractivity contribution in [2.24, 2.45) is 0 Å². The van der Waals surface area contributed by atoms with Gasteiger partial charge in [-0.2, -0.15) is 0 Å². The van der Waals surface area contributed by atoms with Crippen LogP contribution in [0.3, 0.4) is 0 Å². The number of hydrogen-bond acceptors (Lipinski definition) is 4. The highest BCUT2D eigenvalue weighted by molar-refractivity contribution is 7.17. The molecule has 0 spiro atoms. The van der Waals surface area contributed by atoms with Crippen LogP contribution >= 0.6 is 11.3 Å². The number of fused-ring (bicyclic) bond motifs is 1. The van der Waals surface area contributed by atoms with Crippen molar-refractivity contribution in [1.82, 2.24) is 9.13 Å². The molecule has 2 heterocycles. The zero-order valence-electron chi connectivity index (χ0n) is 11.0. The molecule has 0 atom stereocenters. The first kappa shape index (κ1) is 13.7. The Bertz CT molecular complexity index is 724. The van der Waals surface area contributed by atoms with E-state index in [0.717, 1.165) is 12.8 Å².